The molecule has 0 unspecified atom stereocenters. The number of alkyl carbamates (subject to hydrolysis) is 1. The third kappa shape index (κ3) is 7.44. The molecule has 0 spiro atoms. The summed E-state index contributed by atoms with van der Waals surface area (Å²) in [6, 6.07) is 0. The minimum Gasteiger partial charge on any atom is -0.444 e. The van der Waals surface area contributed by atoms with Crippen LogP contribution >= 0.6 is 0 Å². The highest BCUT2D eigenvalue weighted by atomic mass is 16.6. The van der Waals surface area contributed by atoms with Crippen LogP contribution in [0.15, 0.2) is 0 Å². The van der Waals surface area contributed by atoms with Crippen molar-refractivity contribution in [1.82, 2.24) is 5.32 Å². The van der Waals surface area contributed by atoms with Gasteiger partial charge in [-0.25, -0.2) is 4.79 Å². The molecule has 0 saturated carbocycles. The molecule has 0 aliphatic rings. The van der Waals surface area contributed by atoms with Crippen LogP contribution < -0.4 is 5.32 Å². The third-order valence-corrected chi connectivity index (χ3v) is 1.23. The predicted octanol–water partition coefficient (Wildman–Crippen LogP) is 0.895. The van der Waals surface area contributed by atoms with Gasteiger partial charge in [-0.05, 0) is 20.8 Å². The zero-order chi connectivity index (χ0) is 11.2. The average molecular weight is 199 g/mol. The van der Waals surface area contributed by atoms with E-state index in [9.17, 15) is 9.90 Å². The zero-order valence-electron chi connectivity index (χ0n) is 8.83. The molecule has 0 fully saturated rings. The molecular formula is C10H17NO3. The van der Waals surface area contributed by atoms with Gasteiger partial charge in [0.25, 0.3) is 0 Å². The number of aliphatic hydroxyl groups excluding tert-OH is 1. The summed E-state index contributed by atoms with van der Waals surface area (Å²) in [4.78, 5) is 11.1. The number of nitrogens with one attached hydrogen (secondary N) is 1. The molecule has 14 heavy (non-hydrogen) atoms. The third-order valence-electron chi connectivity index (χ3n) is 1.23. The van der Waals surface area contributed by atoms with Crippen LogP contribution in [0.1, 0.15) is 27.2 Å². The molecule has 0 heterocycles. The van der Waals surface area contributed by atoms with E-state index in [4.69, 9.17) is 11.2 Å². The second kappa shape index (κ2) is 5.51. The van der Waals surface area contributed by atoms with Crippen molar-refractivity contribution in [3.63, 3.8) is 0 Å². The normalized spacial score (nSPS) is 12.8. The van der Waals surface area contributed by atoms with Crippen LogP contribution in [0.4, 0.5) is 4.79 Å². The molecule has 4 heteroatoms. The first-order valence-electron chi connectivity index (χ1n) is 4.43. The number of hydrogen-bond donors (Lipinski definition) is 2. The van der Waals surface area contributed by atoms with Gasteiger partial charge < -0.3 is 15.2 Å². The van der Waals surface area contributed by atoms with Crippen molar-refractivity contribution in [1.29, 1.82) is 0 Å². The van der Waals surface area contributed by atoms with Crippen molar-refractivity contribution in [2.75, 3.05) is 6.54 Å². The van der Waals surface area contributed by atoms with Crippen LogP contribution in [0.5, 0.6) is 0 Å². The number of rotatable bonds is 3. The van der Waals surface area contributed by atoms with Gasteiger partial charge in [0.05, 0.1) is 6.10 Å². The molecule has 0 aliphatic carbocycles. The predicted molar refractivity (Wildman–Crippen MR) is 53.7 cm³/mol. The van der Waals surface area contributed by atoms with Crippen molar-refractivity contribution in [2.24, 2.45) is 0 Å². The highest BCUT2D eigenvalue weighted by Gasteiger charge is 2.16. The summed E-state index contributed by atoms with van der Waals surface area (Å²) in [6.07, 6.45) is 3.94. The van der Waals surface area contributed by atoms with Crippen LogP contribution in [0.25, 0.3) is 0 Å². The summed E-state index contributed by atoms with van der Waals surface area (Å²) in [5, 5.41) is 11.6. The van der Waals surface area contributed by atoms with Crippen molar-refractivity contribution in [2.45, 2.75) is 38.9 Å². The Morgan fingerprint density at radius 2 is 2.21 bits per heavy atom. The lowest BCUT2D eigenvalue weighted by Crippen LogP contribution is -2.36. The first-order chi connectivity index (χ1) is 6.35. The number of terminal acetylenes is 1. The van der Waals surface area contributed by atoms with Gasteiger partial charge in [-0.15, -0.1) is 12.3 Å². The van der Waals surface area contributed by atoms with Gasteiger partial charge in [0.15, 0.2) is 0 Å². The van der Waals surface area contributed by atoms with Crippen LogP contribution in [0.2, 0.25) is 0 Å². The lowest BCUT2D eigenvalue weighted by atomic mass is 10.2. The van der Waals surface area contributed by atoms with Crippen LogP contribution in [-0.4, -0.2) is 29.4 Å². The number of amides is 1. The van der Waals surface area contributed by atoms with Gasteiger partial charge in [0.2, 0.25) is 0 Å². The number of carbonyl (C=O) groups excluding carboxylic acids is 1. The van der Waals surface area contributed by atoms with Gasteiger partial charge in [0, 0.05) is 13.0 Å². The Labute approximate surface area is 84.6 Å². The van der Waals surface area contributed by atoms with E-state index >= 15 is 0 Å². The Hall–Kier alpha value is -1.21. The molecule has 0 aromatic carbocycles. The first-order valence-corrected chi connectivity index (χ1v) is 4.43. The van der Waals surface area contributed by atoms with Gasteiger partial charge in [-0.1, -0.05) is 0 Å². The van der Waals surface area contributed by atoms with Gasteiger partial charge >= 0.3 is 6.09 Å². The van der Waals surface area contributed by atoms with E-state index in [0.29, 0.717) is 0 Å². The zero-order valence-corrected chi connectivity index (χ0v) is 8.83. The Bertz CT molecular complexity index is 225. The summed E-state index contributed by atoms with van der Waals surface area (Å²) in [6.45, 7) is 5.42. The van der Waals surface area contributed by atoms with Crippen LogP contribution in [-0.2, 0) is 4.74 Å². The topological polar surface area (TPSA) is 58.6 Å². The maximum absolute atomic E-state index is 11.1. The standard InChI is InChI=1S/C10H17NO3/c1-5-6-8(12)7-11-9(13)14-10(2,3)4/h1,8,12H,6-7H2,2-4H3,(H,11,13)/t8-/m1/s1. The highest BCUT2D eigenvalue weighted by molar-refractivity contribution is 5.67. The largest absolute Gasteiger partial charge is 0.444 e. The van der Waals surface area contributed by atoms with E-state index in [1.807, 2.05) is 0 Å². The molecule has 80 valence electrons. The molecule has 0 aliphatic heterocycles. The van der Waals surface area contributed by atoms with Gasteiger partial charge in [-0.2, -0.15) is 0 Å². The number of carbonyl (C=O) groups is 1. The summed E-state index contributed by atoms with van der Waals surface area (Å²) >= 11 is 0. The molecule has 2 N–H and O–H groups in total. The Morgan fingerprint density at radius 1 is 1.64 bits per heavy atom. The average Bonchev–Trinajstić information content (AvgIpc) is 1.98. The lowest BCUT2D eigenvalue weighted by molar-refractivity contribution is 0.0494. The molecule has 4 nitrogen and oxygen atoms in total. The monoisotopic (exact) mass is 199 g/mol. The van der Waals surface area contributed by atoms with Crippen LogP contribution in [0.3, 0.4) is 0 Å². The summed E-state index contributed by atoms with van der Waals surface area (Å²) in [5.41, 5.74) is -0.527. The quantitative estimate of drug-likeness (QED) is 0.664. The SMILES string of the molecule is C#CC[C@@H](O)CNC(=O)OC(C)(C)C. The smallest absolute Gasteiger partial charge is 0.407 e. The molecule has 0 bridgehead atoms. The highest BCUT2D eigenvalue weighted by Crippen LogP contribution is 2.06. The van der Waals surface area contributed by atoms with Crippen LogP contribution in [0, 0.1) is 12.3 Å². The number of hydrogen-bond acceptors (Lipinski definition) is 3. The van der Waals surface area contributed by atoms with E-state index in [-0.39, 0.29) is 13.0 Å². The maximum atomic E-state index is 11.1. The molecule has 0 aromatic heterocycles. The van der Waals surface area contributed by atoms with Crippen molar-refractivity contribution < 1.29 is 14.6 Å². The fourth-order valence-corrected chi connectivity index (χ4v) is 0.724. The molecule has 1 amide bonds. The summed E-state index contributed by atoms with van der Waals surface area (Å²) in [5.74, 6) is 2.30. The van der Waals surface area contributed by atoms with Gasteiger partial charge in [0.1, 0.15) is 5.60 Å². The second-order valence-corrected chi connectivity index (χ2v) is 3.94. The molecule has 1 atom stereocenters. The maximum Gasteiger partial charge on any atom is 0.407 e. The lowest BCUT2D eigenvalue weighted by Gasteiger charge is -2.20. The summed E-state index contributed by atoms with van der Waals surface area (Å²) in [7, 11) is 0. The fraction of sp³-hybridized carbons (Fsp3) is 0.700. The molecule has 0 saturated heterocycles. The van der Waals surface area contributed by atoms with E-state index in [1.54, 1.807) is 20.8 Å². The van der Waals surface area contributed by atoms with Gasteiger partial charge in [-0.3, -0.25) is 0 Å². The second-order valence-electron chi connectivity index (χ2n) is 3.94. The summed E-state index contributed by atoms with van der Waals surface area (Å²) < 4.78 is 4.95. The van der Waals surface area contributed by atoms with Crippen molar-refractivity contribution in [3.05, 3.63) is 0 Å². The minimum atomic E-state index is -0.715. The number of ether oxygens (including phenoxy) is 1. The van der Waals surface area contributed by atoms with E-state index < -0.39 is 17.8 Å². The van der Waals surface area contributed by atoms with E-state index in [2.05, 4.69) is 11.2 Å². The molecular weight excluding hydrogens is 182 g/mol. The molecule has 0 rings (SSSR count). The van der Waals surface area contributed by atoms with Crippen molar-refractivity contribution >= 4 is 6.09 Å². The Morgan fingerprint density at radius 3 is 2.64 bits per heavy atom. The molecule has 0 radical (unpaired) electrons. The van der Waals surface area contributed by atoms with Crippen molar-refractivity contribution in [3.8, 4) is 12.3 Å². The first kappa shape index (κ1) is 12.8. The Kier molecular flexibility index (Phi) is 5.03. The number of aliphatic hydroxyl groups is 1. The van der Waals surface area contributed by atoms with E-state index in [0.717, 1.165) is 0 Å². The Balaban J connectivity index is 3.71. The fourth-order valence-electron chi connectivity index (χ4n) is 0.724. The van der Waals surface area contributed by atoms with E-state index in [1.165, 1.54) is 0 Å². The molecule has 0 aromatic rings. The minimum absolute atomic E-state index is 0.110.